The number of rotatable bonds is 3. The lowest BCUT2D eigenvalue weighted by Crippen LogP contribution is -1.97. The Hall–Kier alpha value is -0.870. The third-order valence-electron chi connectivity index (χ3n) is 2.40. The van der Waals surface area contributed by atoms with Gasteiger partial charge in [0.25, 0.3) is 0 Å². The van der Waals surface area contributed by atoms with E-state index in [1.165, 1.54) is 15.3 Å². The molecular formula is C11H14N2S2. The maximum atomic E-state index is 4.45. The van der Waals surface area contributed by atoms with E-state index in [1.807, 2.05) is 6.92 Å². The second kappa shape index (κ2) is 4.33. The van der Waals surface area contributed by atoms with Crippen LogP contribution in [0.5, 0.6) is 0 Å². The first-order chi connectivity index (χ1) is 7.16. The lowest BCUT2D eigenvalue weighted by molar-refractivity contribution is 1.13. The molecule has 2 rings (SSSR count). The van der Waals surface area contributed by atoms with Crippen molar-refractivity contribution in [2.75, 3.05) is 5.32 Å². The predicted octanol–water partition coefficient (Wildman–Crippen LogP) is 3.74. The van der Waals surface area contributed by atoms with Crippen LogP contribution >= 0.6 is 22.7 Å². The lowest BCUT2D eigenvalue weighted by atomic mass is 10.3. The molecule has 1 N–H and O–H groups in total. The van der Waals surface area contributed by atoms with E-state index >= 15 is 0 Å². The summed E-state index contributed by atoms with van der Waals surface area (Å²) in [5.74, 6) is 0. The minimum Gasteiger partial charge on any atom is -0.357 e. The number of hydrogen-bond donors (Lipinski definition) is 1. The normalized spacial score (nSPS) is 10.6. The van der Waals surface area contributed by atoms with E-state index in [0.29, 0.717) is 0 Å². The number of thiophene rings is 1. The molecular weight excluding hydrogens is 224 g/mol. The van der Waals surface area contributed by atoms with Crippen LogP contribution < -0.4 is 5.32 Å². The smallest absolute Gasteiger partial charge is 0.183 e. The molecule has 0 atom stereocenters. The standard InChI is InChI=1S/C11H14N2S2/c1-7-4-5-14-10(7)6-12-11-13-8(2)9(3)15-11/h4-5H,6H2,1-3H3,(H,12,13). The predicted molar refractivity (Wildman–Crippen MR) is 68.0 cm³/mol. The molecule has 15 heavy (non-hydrogen) atoms. The van der Waals surface area contributed by atoms with Crippen molar-refractivity contribution in [2.45, 2.75) is 27.3 Å². The Bertz CT molecular complexity index is 437. The molecule has 0 radical (unpaired) electrons. The van der Waals surface area contributed by atoms with Crippen LogP contribution in [0, 0.1) is 20.8 Å². The van der Waals surface area contributed by atoms with Gasteiger partial charge in [0.2, 0.25) is 0 Å². The molecule has 0 aromatic carbocycles. The van der Waals surface area contributed by atoms with E-state index in [1.54, 1.807) is 22.7 Å². The summed E-state index contributed by atoms with van der Waals surface area (Å²) in [5.41, 5.74) is 2.49. The molecule has 80 valence electrons. The van der Waals surface area contributed by atoms with Gasteiger partial charge in [-0.1, -0.05) is 0 Å². The van der Waals surface area contributed by atoms with Crippen LogP contribution in [0.4, 0.5) is 5.13 Å². The van der Waals surface area contributed by atoms with Crippen LogP contribution in [0.25, 0.3) is 0 Å². The molecule has 0 aliphatic carbocycles. The highest BCUT2D eigenvalue weighted by atomic mass is 32.1. The zero-order valence-corrected chi connectivity index (χ0v) is 10.8. The van der Waals surface area contributed by atoms with E-state index in [0.717, 1.165) is 17.4 Å². The average Bonchev–Trinajstić information content (AvgIpc) is 2.72. The molecule has 0 saturated carbocycles. The first-order valence-corrected chi connectivity index (χ1v) is 6.57. The minimum absolute atomic E-state index is 0.885. The molecule has 4 heteroatoms. The van der Waals surface area contributed by atoms with E-state index in [-0.39, 0.29) is 0 Å². The van der Waals surface area contributed by atoms with Crippen LogP contribution in [0.3, 0.4) is 0 Å². The van der Waals surface area contributed by atoms with Crippen LogP contribution in [0.1, 0.15) is 21.0 Å². The van der Waals surface area contributed by atoms with E-state index in [2.05, 4.69) is 35.6 Å². The largest absolute Gasteiger partial charge is 0.357 e. The van der Waals surface area contributed by atoms with Gasteiger partial charge in [0.1, 0.15) is 0 Å². The summed E-state index contributed by atoms with van der Waals surface area (Å²) >= 11 is 3.52. The Kier molecular flexibility index (Phi) is 3.07. The van der Waals surface area contributed by atoms with Gasteiger partial charge in [-0.3, -0.25) is 0 Å². The average molecular weight is 238 g/mol. The summed E-state index contributed by atoms with van der Waals surface area (Å²) < 4.78 is 0. The Balaban J connectivity index is 2.02. The number of aromatic nitrogens is 1. The van der Waals surface area contributed by atoms with Crippen LogP contribution in [0.2, 0.25) is 0 Å². The topological polar surface area (TPSA) is 24.9 Å². The van der Waals surface area contributed by atoms with Crippen molar-refractivity contribution in [1.29, 1.82) is 0 Å². The first-order valence-electron chi connectivity index (χ1n) is 4.87. The fourth-order valence-corrected chi connectivity index (χ4v) is 2.95. The summed E-state index contributed by atoms with van der Waals surface area (Å²) in [7, 11) is 0. The molecule has 0 amide bonds. The van der Waals surface area contributed by atoms with Gasteiger partial charge in [0.15, 0.2) is 5.13 Å². The van der Waals surface area contributed by atoms with Crippen molar-refractivity contribution in [2.24, 2.45) is 0 Å². The number of nitrogens with zero attached hydrogens (tertiary/aromatic N) is 1. The lowest BCUT2D eigenvalue weighted by Gasteiger charge is -2.00. The summed E-state index contributed by atoms with van der Waals surface area (Å²) in [6, 6.07) is 2.15. The summed E-state index contributed by atoms with van der Waals surface area (Å²) in [6.45, 7) is 7.18. The highest BCUT2D eigenvalue weighted by Crippen LogP contribution is 2.23. The minimum atomic E-state index is 0.885. The van der Waals surface area contributed by atoms with Crippen molar-refractivity contribution in [3.63, 3.8) is 0 Å². The molecule has 0 spiro atoms. The second-order valence-corrected chi connectivity index (χ2v) is 5.74. The third-order valence-corrected chi connectivity index (χ3v) is 4.45. The fraction of sp³-hybridized carbons (Fsp3) is 0.364. The van der Waals surface area contributed by atoms with Gasteiger partial charge < -0.3 is 5.32 Å². The molecule has 0 bridgehead atoms. The van der Waals surface area contributed by atoms with Crippen molar-refractivity contribution >= 4 is 27.8 Å². The second-order valence-electron chi connectivity index (χ2n) is 3.54. The maximum Gasteiger partial charge on any atom is 0.183 e. The highest BCUT2D eigenvalue weighted by Gasteiger charge is 2.04. The number of hydrogen-bond acceptors (Lipinski definition) is 4. The zero-order chi connectivity index (χ0) is 10.8. The van der Waals surface area contributed by atoms with Gasteiger partial charge in [-0.25, -0.2) is 4.98 Å². The molecule has 2 nitrogen and oxygen atoms in total. The molecule has 0 fully saturated rings. The zero-order valence-electron chi connectivity index (χ0n) is 9.13. The fourth-order valence-electron chi connectivity index (χ4n) is 1.29. The molecule has 0 aliphatic rings. The summed E-state index contributed by atoms with van der Waals surface area (Å²) in [4.78, 5) is 7.13. The Morgan fingerprint density at radius 3 is 2.67 bits per heavy atom. The van der Waals surface area contributed by atoms with E-state index in [4.69, 9.17) is 0 Å². The molecule has 2 heterocycles. The van der Waals surface area contributed by atoms with Gasteiger partial charge in [-0.05, 0) is 37.8 Å². The quantitative estimate of drug-likeness (QED) is 0.881. The maximum absolute atomic E-state index is 4.45. The van der Waals surface area contributed by atoms with Crippen molar-refractivity contribution in [3.8, 4) is 0 Å². The Morgan fingerprint density at radius 1 is 1.33 bits per heavy atom. The Labute approximate surface area is 98.0 Å². The van der Waals surface area contributed by atoms with Crippen LogP contribution in [-0.2, 0) is 6.54 Å². The number of anilines is 1. The van der Waals surface area contributed by atoms with Crippen molar-refractivity contribution in [3.05, 3.63) is 32.5 Å². The van der Waals surface area contributed by atoms with E-state index in [9.17, 15) is 0 Å². The number of aryl methyl sites for hydroxylation is 3. The van der Waals surface area contributed by atoms with Gasteiger partial charge >= 0.3 is 0 Å². The third kappa shape index (κ3) is 2.38. The van der Waals surface area contributed by atoms with Gasteiger partial charge in [-0.15, -0.1) is 22.7 Å². The summed E-state index contributed by atoms with van der Waals surface area (Å²) in [5, 5.41) is 6.52. The summed E-state index contributed by atoms with van der Waals surface area (Å²) in [6.07, 6.45) is 0. The van der Waals surface area contributed by atoms with Gasteiger partial charge in [0.05, 0.1) is 12.2 Å². The van der Waals surface area contributed by atoms with E-state index < -0.39 is 0 Å². The molecule has 2 aromatic rings. The van der Waals surface area contributed by atoms with Gasteiger partial charge in [-0.2, -0.15) is 0 Å². The highest BCUT2D eigenvalue weighted by molar-refractivity contribution is 7.15. The molecule has 0 unspecified atom stereocenters. The van der Waals surface area contributed by atoms with Crippen molar-refractivity contribution in [1.82, 2.24) is 4.98 Å². The van der Waals surface area contributed by atoms with Crippen molar-refractivity contribution < 1.29 is 0 Å². The Morgan fingerprint density at radius 2 is 2.13 bits per heavy atom. The monoisotopic (exact) mass is 238 g/mol. The number of nitrogens with one attached hydrogen (secondary N) is 1. The molecule has 0 saturated heterocycles. The SMILES string of the molecule is Cc1ccsc1CNc1nc(C)c(C)s1. The number of thiazole rings is 1. The van der Waals surface area contributed by atoms with Crippen LogP contribution in [0.15, 0.2) is 11.4 Å². The van der Waals surface area contributed by atoms with Crippen LogP contribution in [-0.4, -0.2) is 4.98 Å². The first kappa shape index (κ1) is 10.6. The molecule has 0 aliphatic heterocycles. The molecule has 2 aromatic heterocycles. The van der Waals surface area contributed by atoms with Gasteiger partial charge in [0, 0.05) is 9.75 Å².